The number of hydrogen-bond acceptors (Lipinski definition) is 3. The van der Waals surface area contributed by atoms with Gasteiger partial charge in [-0.15, -0.1) is 0 Å². The molecule has 0 unspecified atom stereocenters. The van der Waals surface area contributed by atoms with Crippen molar-refractivity contribution >= 4 is 22.4 Å². The minimum Gasteiger partial charge on any atom is -0.371 e. The number of aryl methyl sites for hydroxylation is 1. The summed E-state index contributed by atoms with van der Waals surface area (Å²) in [6.07, 6.45) is 3.70. The average molecular weight is 330 g/mol. The number of fused-ring (bicyclic) bond motifs is 1. The van der Waals surface area contributed by atoms with Crippen LogP contribution in [0.5, 0.6) is 0 Å². The summed E-state index contributed by atoms with van der Waals surface area (Å²) in [4.78, 5) is 19.6. The summed E-state index contributed by atoms with van der Waals surface area (Å²) in [7, 11) is 0. The lowest BCUT2D eigenvalue weighted by Crippen LogP contribution is -2.36. The second-order valence-corrected chi connectivity index (χ2v) is 6.84. The maximum absolute atomic E-state index is 12.7. The Bertz CT molecular complexity index is 896. The molecule has 1 aromatic heterocycles. The zero-order valence-corrected chi connectivity index (χ0v) is 14.5. The lowest BCUT2D eigenvalue weighted by molar-refractivity contribution is 0.0900. The Balaban J connectivity index is 1.53. The first-order chi connectivity index (χ1) is 12.2. The van der Waals surface area contributed by atoms with Crippen molar-refractivity contribution in [3.63, 3.8) is 0 Å². The summed E-state index contributed by atoms with van der Waals surface area (Å²) >= 11 is 0. The maximum atomic E-state index is 12.7. The average Bonchev–Trinajstić information content (AvgIpc) is 2.68. The molecule has 1 fully saturated rings. The number of rotatable bonds is 3. The number of pyridine rings is 1. The number of ketones is 1. The Hall–Kier alpha value is -2.68. The Kier molecular flexibility index (Phi) is 4.22. The third-order valence-corrected chi connectivity index (χ3v) is 5.14. The molecule has 0 bridgehead atoms. The second kappa shape index (κ2) is 6.67. The Morgan fingerprint density at radius 3 is 2.56 bits per heavy atom. The van der Waals surface area contributed by atoms with Crippen LogP contribution >= 0.6 is 0 Å². The molecular formula is C22H22N2O. The molecular weight excluding hydrogens is 308 g/mol. The molecule has 1 aliphatic rings. The summed E-state index contributed by atoms with van der Waals surface area (Å²) in [6, 6.07) is 18.2. The number of Topliss-reactive ketones (excluding diaryl/α,β-unsaturated/α-hetero) is 1. The molecule has 0 spiro atoms. The third kappa shape index (κ3) is 3.14. The van der Waals surface area contributed by atoms with Crippen LogP contribution in [-0.4, -0.2) is 23.9 Å². The van der Waals surface area contributed by atoms with Gasteiger partial charge in [-0.05, 0) is 38.0 Å². The molecule has 0 atom stereocenters. The topological polar surface area (TPSA) is 33.2 Å². The number of carbonyl (C=O) groups excluding carboxylic acids is 1. The predicted octanol–water partition coefficient (Wildman–Crippen LogP) is 4.64. The fourth-order valence-corrected chi connectivity index (χ4v) is 3.74. The predicted molar refractivity (Wildman–Crippen MR) is 102 cm³/mol. The molecule has 1 saturated heterocycles. The van der Waals surface area contributed by atoms with Crippen LogP contribution in [0.25, 0.3) is 10.9 Å². The smallest absolute Gasteiger partial charge is 0.166 e. The van der Waals surface area contributed by atoms with Gasteiger partial charge >= 0.3 is 0 Å². The summed E-state index contributed by atoms with van der Waals surface area (Å²) in [5.41, 5.74) is 4.35. The fraction of sp³-hybridized carbons (Fsp3) is 0.273. The highest BCUT2D eigenvalue weighted by Crippen LogP contribution is 2.30. The van der Waals surface area contributed by atoms with E-state index in [9.17, 15) is 4.79 Å². The zero-order chi connectivity index (χ0) is 17.2. The van der Waals surface area contributed by atoms with E-state index in [1.165, 1.54) is 16.6 Å². The highest BCUT2D eigenvalue weighted by molar-refractivity contribution is 5.98. The Morgan fingerprint density at radius 1 is 1.04 bits per heavy atom. The van der Waals surface area contributed by atoms with Crippen LogP contribution in [0, 0.1) is 12.8 Å². The molecule has 25 heavy (non-hydrogen) atoms. The number of piperidine rings is 1. The molecule has 0 aliphatic carbocycles. The van der Waals surface area contributed by atoms with E-state index in [1.807, 2.05) is 36.5 Å². The van der Waals surface area contributed by atoms with E-state index in [0.717, 1.165) is 37.0 Å². The Labute approximate surface area is 148 Å². The normalized spacial score (nSPS) is 15.5. The number of benzene rings is 2. The van der Waals surface area contributed by atoms with Gasteiger partial charge in [-0.25, -0.2) is 0 Å². The van der Waals surface area contributed by atoms with Crippen molar-refractivity contribution in [1.29, 1.82) is 0 Å². The van der Waals surface area contributed by atoms with Gasteiger partial charge in [-0.3, -0.25) is 9.78 Å². The molecule has 3 nitrogen and oxygen atoms in total. The van der Waals surface area contributed by atoms with Crippen molar-refractivity contribution in [1.82, 2.24) is 4.98 Å². The lowest BCUT2D eigenvalue weighted by atomic mass is 9.88. The van der Waals surface area contributed by atoms with Gasteiger partial charge in [-0.1, -0.05) is 42.0 Å². The highest BCUT2D eigenvalue weighted by Gasteiger charge is 2.26. The summed E-state index contributed by atoms with van der Waals surface area (Å²) in [5.74, 6) is 0.421. The summed E-state index contributed by atoms with van der Waals surface area (Å²) in [6.45, 7) is 3.94. The van der Waals surface area contributed by atoms with Crippen LogP contribution in [0.3, 0.4) is 0 Å². The van der Waals surface area contributed by atoms with Gasteiger partial charge in [0.1, 0.15) is 0 Å². The van der Waals surface area contributed by atoms with Crippen molar-refractivity contribution in [2.45, 2.75) is 19.8 Å². The van der Waals surface area contributed by atoms with Gasteiger partial charge < -0.3 is 4.90 Å². The molecule has 0 N–H and O–H groups in total. The van der Waals surface area contributed by atoms with Crippen LogP contribution in [0.1, 0.15) is 28.8 Å². The molecule has 4 rings (SSSR count). The number of hydrogen-bond donors (Lipinski definition) is 0. The standard InChI is InChI=1S/C22H22N2O/c1-16-7-8-20-19(15-16)21(9-12-23-20)24-13-10-18(11-14-24)22(25)17-5-3-2-4-6-17/h2-9,12,15,18H,10-11,13-14H2,1H3. The van der Waals surface area contributed by atoms with E-state index < -0.39 is 0 Å². The van der Waals surface area contributed by atoms with E-state index in [2.05, 4.69) is 41.1 Å². The van der Waals surface area contributed by atoms with Crippen molar-refractivity contribution in [3.05, 3.63) is 71.9 Å². The molecule has 0 radical (unpaired) electrons. The van der Waals surface area contributed by atoms with Crippen molar-refractivity contribution in [2.75, 3.05) is 18.0 Å². The highest BCUT2D eigenvalue weighted by atomic mass is 16.1. The summed E-state index contributed by atoms with van der Waals surface area (Å²) in [5, 5.41) is 1.20. The first-order valence-electron chi connectivity index (χ1n) is 8.92. The van der Waals surface area contributed by atoms with E-state index in [1.54, 1.807) is 0 Å². The first kappa shape index (κ1) is 15.8. The molecule has 1 aliphatic heterocycles. The molecule has 3 aromatic rings. The second-order valence-electron chi connectivity index (χ2n) is 6.84. The van der Waals surface area contributed by atoms with Gasteiger partial charge in [-0.2, -0.15) is 0 Å². The monoisotopic (exact) mass is 330 g/mol. The van der Waals surface area contributed by atoms with Gasteiger partial charge in [0.15, 0.2) is 5.78 Å². The molecule has 0 saturated carbocycles. The van der Waals surface area contributed by atoms with E-state index in [0.29, 0.717) is 0 Å². The van der Waals surface area contributed by atoms with Crippen molar-refractivity contribution in [3.8, 4) is 0 Å². The SMILES string of the molecule is Cc1ccc2nccc(N3CCC(C(=O)c4ccccc4)CC3)c2c1. The minimum absolute atomic E-state index is 0.133. The van der Waals surface area contributed by atoms with Crippen molar-refractivity contribution in [2.24, 2.45) is 5.92 Å². The number of aromatic nitrogens is 1. The number of anilines is 1. The zero-order valence-electron chi connectivity index (χ0n) is 14.5. The third-order valence-electron chi connectivity index (χ3n) is 5.14. The molecule has 2 heterocycles. The van der Waals surface area contributed by atoms with E-state index in [-0.39, 0.29) is 11.7 Å². The lowest BCUT2D eigenvalue weighted by Gasteiger charge is -2.33. The van der Waals surface area contributed by atoms with Crippen LogP contribution in [0.15, 0.2) is 60.8 Å². The van der Waals surface area contributed by atoms with Gasteiger partial charge in [0, 0.05) is 41.8 Å². The number of nitrogens with zero attached hydrogens (tertiary/aromatic N) is 2. The molecule has 0 amide bonds. The van der Waals surface area contributed by atoms with Gasteiger partial charge in [0.2, 0.25) is 0 Å². The van der Waals surface area contributed by atoms with E-state index >= 15 is 0 Å². The van der Waals surface area contributed by atoms with Gasteiger partial charge in [0.25, 0.3) is 0 Å². The Morgan fingerprint density at radius 2 is 1.80 bits per heavy atom. The molecule has 3 heteroatoms. The quantitative estimate of drug-likeness (QED) is 0.656. The first-order valence-corrected chi connectivity index (χ1v) is 8.92. The van der Waals surface area contributed by atoms with Crippen LogP contribution in [0.4, 0.5) is 5.69 Å². The maximum Gasteiger partial charge on any atom is 0.166 e. The fourth-order valence-electron chi connectivity index (χ4n) is 3.74. The van der Waals surface area contributed by atoms with Crippen molar-refractivity contribution < 1.29 is 4.79 Å². The van der Waals surface area contributed by atoms with Crippen LogP contribution < -0.4 is 4.90 Å². The van der Waals surface area contributed by atoms with Gasteiger partial charge in [0.05, 0.1) is 5.52 Å². The molecule has 126 valence electrons. The molecule has 2 aromatic carbocycles. The minimum atomic E-state index is 0.133. The van der Waals surface area contributed by atoms with Crippen LogP contribution in [-0.2, 0) is 0 Å². The van der Waals surface area contributed by atoms with E-state index in [4.69, 9.17) is 0 Å². The largest absolute Gasteiger partial charge is 0.371 e. The number of carbonyl (C=O) groups is 1. The van der Waals surface area contributed by atoms with Crippen LogP contribution in [0.2, 0.25) is 0 Å². The summed E-state index contributed by atoms with van der Waals surface area (Å²) < 4.78 is 0.